The number of aliphatic hydroxyl groups excluding tert-OH is 1. The Kier molecular flexibility index (Phi) is 3.08. The number of nitrogens with zero attached hydrogens (tertiary/aromatic N) is 3. The number of benzene rings is 1. The van der Waals surface area contributed by atoms with Crippen LogP contribution in [-0.2, 0) is 11.3 Å². The quantitative estimate of drug-likeness (QED) is 0.731. The highest BCUT2D eigenvalue weighted by Gasteiger charge is 2.18. The summed E-state index contributed by atoms with van der Waals surface area (Å²) in [7, 11) is 0. The van der Waals surface area contributed by atoms with E-state index in [1.165, 1.54) is 4.52 Å². The molecule has 0 saturated heterocycles. The maximum absolute atomic E-state index is 12.0. The van der Waals surface area contributed by atoms with Gasteiger partial charge in [0.2, 0.25) is 0 Å². The number of carbonyl (C=O) groups is 1. The molecule has 20 heavy (non-hydrogen) atoms. The Morgan fingerprint density at radius 2 is 2.20 bits per heavy atom. The number of pyridine rings is 1. The molecule has 0 spiro atoms. The third-order valence-corrected chi connectivity index (χ3v) is 3.11. The first kappa shape index (κ1) is 12.6. The summed E-state index contributed by atoms with van der Waals surface area (Å²) in [6, 6.07) is 9.29. The molecule has 0 bridgehead atoms. The Labute approximate surface area is 114 Å². The maximum atomic E-state index is 12.0. The SMILES string of the molecule is CCOC(=O)c1cc2ccccc2c2c(CO)nnn12. The van der Waals surface area contributed by atoms with E-state index in [-0.39, 0.29) is 13.2 Å². The molecule has 0 saturated carbocycles. The van der Waals surface area contributed by atoms with Gasteiger partial charge in [-0.3, -0.25) is 0 Å². The van der Waals surface area contributed by atoms with Gasteiger partial charge in [0, 0.05) is 5.39 Å². The topological polar surface area (TPSA) is 76.7 Å². The van der Waals surface area contributed by atoms with Gasteiger partial charge in [-0.25, -0.2) is 9.31 Å². The molecular formula is C14H13N3O3. The molecule has 0 aliphatic carbocycles. The first-order valence-electron chi connectivity index (χ1n) is 6.30. The van der Waals surface area contributed by atoms with Crippen LogP contribution in [0.4, 0.5) is 0 Å². The molecule has 6 nitrogen and oxygen atoms in total. The summed E-state index contributed by atoms with van der Waals surface area (Å²) in [5, 5.41) is 19.0. The second-order valence-corrected chi connectivity index (χ2v) is 4.29. The van der Waals surface area contributed by atoms with Crippen molar-refractivity contribution in [2.45, 2.75) is 13.5 Å². The Morgan fingerprint density at radius 3 is 2.95 bits per heavy atom. The molecule has 1 N–H and O–H groups in total. The Morgan fingerprint density at radius 1 is 1.40 bits per heavy atom. The van der Waals surface area contributed by atoms with Crippen LogP contribution in [0.1, 0.15) is 23.1 Å². The van der Waals surface area contributed by atoms with E-state index in [2.05, 4.69) is 10.3 Å². The number of aliphatic hydroxyl groups is 1. The average molecular weight is 271 g/mol. The smallest absolute Gasteiger partial charge is 0.357 e. The molecule has 0 unspecified atom stereocenters. The molecule has 6 heteroatoms. The van der Waals surface area contributed by atoms with Crippen LogP contribution >= 0.6 is 0 Å². The van der Waals surface area contributed by atoms with E-state index in [1.807, 2.05) is 24.3 Å². The normalized spacial score (nSPS) is 11.1. The van der Waals surface area contributed by atoms with Gasteiger partial charge in [-0.15, -0.1) is 5.10 Å². The Hall–Kier alpha value is -2.47. The number of fused-ring (bicyclic) bond motifs is 3. The lowest BCUT2D eigenvalue weighted by atomic mass is 10.1. The van der Waals surface area contributed by atoms with E-state index < -0.39 is 5.97 Å². The fourth-order valence-electron chi connectivity index (χ4n) is 2.26. The standard InChI is InChI=1S/C14H13N3O3/c1-2-20-14(19)12-7-9-5-3-4-6-10(9)13-11(8-18)15-16-17(12)13/h3-7,18H,2,8H2,1H3. The van der Waals surface area contributed by atoms with Crippen LogP contribution in [0, 0.1) is 0 Å². The van der Waals surface area contributed by atoms with E-state index in [0.29, 0.717) is 16.9 Å². The minimum absolute atomic E-state index is 0.236. The van der Waals surface area contributed by atoms with Gasteiger partial charge < -0.3 is 9.84 Å². The van der Waals surface area contributed by atoms with Crippen molar-refractivity contribution in [3.8, 4) is 0 Å². The van der Waals surface area contributed by atoms with Gasteiger partial charge in [-0.2, -0.15) is 0 Å². The number of rotatable bonds is 3. The molecule has 0 atom stereocenters. The minimum Gasteiger partial charge on any atom is -0.461 e. The van der Waals surface area contributed by atoms with Crippen LogP contribution in [0.5, 0.6) is 0 Å². The van der Waals surface area contributed by atoms with Gasteiger partial charge in [-0.1, -0.05) is 29.5 Å². The summed E-state index contributed by atoms with van der Waals surface area (Å²) in [4.78, 5) is 12.0. The lowest BCUT2D eigenvalue weighted by Gasteiger charge is -2.07. The summed E-state index contributed by atoms with van der Waals surface area (Å²) in [5.74, 6) is -0.461. The maximum Gasteiger partial charge on any atom is 0.357 e. The molecule has 102 valence electrons. The van der Waals surface area contributed by atoms with Crippen molar-refractivity contribution in [1.82, 2.24) is 14.8 Å². The van der Waals surface area contributed by atoms with Gasteiger partial charge >= 0.3 is 5.97 Å². The molecule has 0 fully saturated rings. The predicted molar refractivity (Wildman–Crippen MR) is 72.4 cm³/mol. The van der Waals surface area contributed by atoms with Crippen LogP contribution in [0.3, 0.4) is 0 Å². The number of hydrogen-bond donors (Lipinski definition) is 1. The highest BCUT2D eigenvalue weighted by molar-refractivity contribution is 6.01. The van der Waals surface area contributed by atoms with Crippen LogP contribution in [0.25, 0.3) is 16.3 Å². The van der Waals surface area contributed by atoms with Crippen LogP contribution < -0.4 is 0 Å². The summed E-state index contributed by atoms with van der Waals surface area (Å²) in [5.41, 5.74) is 1.37. The summed E-state index contributed by atoms with van der Waals surface area (Å²) < 4.78 is 6.46. The number of esters is 1. The molecule has 3 rings (SSSR count). The lowest BCUT2D eigenvalue weighted by Crippen LogP contribution is -2.11. The molecule has 0 radical (unpaired) electrons. The van der Waals surface area contributed by atoms with E-state index in [9.17, 15) is 9.90 Å². The number of ether oxygens (including phenoxy) is 1. The second kappa shape index (κ2) is 4.90. The van der Waals surface area contributed by atoms with Crippen LogP contribution in [0.15, 0.2) is 30.3 Å². The zero-order chi connectivity index (χ0) is 14.1. The lowest BCUT2D eigenvalue weighted by molar-refractivity contribution is 0.0516. The largest absolute Gasteiger partial charge is 0.461 e. The van der Waals surface area contributed by atoms with Crippen molar-refractivity contribution in [3.63, 3.8) is 0 Å². The monoisotopic (exact) mass is 271 g/mol. The third kappa shape index (κ3) is 1.81. The van der Waals surface area contributed by atoms with Gasteiger partial charge in [-0.05, 0) is 18.4 Å². The number of hydrogen-bond acceptors (Lipinski definition) is 5. The van der Waals surface area contributed by atoms with E-state index in [0.717, 1.165) is 10.8 Å². The molecule has 0 aliphatic heterocycles. The van der Waals surface area contributed by atoms with Gasteiger partial charge in [0.25, 0.3) is 0 Å². The Balaban J connectivity index is 2.39. The molecule has 0 aliphatic rings. The van der Waals surface area contributed by atoms with Crippen molar-refractivity contribution in [3.05, 3.63) is 41.7 Å². The van der Waals surface area contributed by atoms with Gasteiger partial charge in [0.05, 0.1) is 13.2 Å². The second-order valence-electron chi connectivity index (χ2n) is 4.29. The molecule has 0 amide bonds. The zero-order valence-electron chi connectivity index (χ0n) is 10.9. The van der Waals surface area contributed by atoms with E-state index in [1.54, 1.807) is 13.0 Å². The Bertz CT molecular complexity index is 795. The van der Waals surface area contributed by atoms with E-state index in [4.69, 9.17) is 4.74 Å². The first-order chi connectivity index (χ1) is 9.76. The van der Waals surface area contributed by atoms with Crippen molar-refractivity contribution in [2.24, 2.45) is 0 Å². The van der Waals surface area contributed by atoms with Crippen LogP contribution in [-0.4, -0.2) is 32.5 Å². The third-order valence-electron chi connectivity index (χ3n) is 3.11. The zero-order valence-corrected chi connectivity index (χ0v) is 10.9. The summed E-state index contributed by atoms with van der Waals surface area (Å²) in [6.07, 6.45) is 0. The summed E-state index contributed by atoms with van der Waals surface area (Å²) >= 11 is 0. The molecule has 2 heterocycles. The molecule has 3 aromatic rings. The van der Waals surface area contributed by atoms with Gasteiger partial charge in [0.15, 0.2) is 5.69 Å². The first-order valence-corrected chi connectivity index (χ1v) is 6.30. The summed E-state index contributed by atoms with van der Waals surface area (Å²) in [6.45, 7) is 1.80. The highest BCUT2D eigenvalue weighted by atomic mass is 16.5. The van der Waals surface area contributed by atoms with Crippen molar-refractivity contribution in [1.29, 1.82) is 0 Å². The van der Waals surface area contributed by atoms with Gasteiger partial charge in [0.1, 0.15) is 11.2 Å². The average Bonchev–Trinajstić information content (AvgIpc) is 2.90. The van der Waals surface area contributed by atoms with Crippen molar-refractivity contribution < 1.29 is 14.6 Å². The fraction of sp³-hybridized carbons (Fsp3) is 0.214. The van der Waals surface area contributed by atoms with Crippen LogP contribution in [0.2, 0.25) is 0 Å². The predicted octanol–water partition coefficient (Wildman–Crippen LogP) is 1.55. The highest BCUT2D eigenvalue weighted by Crippen LogP contribution is 2.24. The molecule has 1 aromatic carbocycles. The van der Waals surface area contributed by atoms with Crippen molar-refractivity contribution >= 4 is 22.3 Å². The van der Waals surface area contributed by atoms with E-state index >= 15 is 0 Å². The number of aromatic nitrogens is 3. The molecule has 2 aromatic heterocycles. The molecular weight excluding hydrogens is 258 g/mol. The number of carbonyl (C=O) groups excluding carboxylic acids is 1. The minimum atomic E-state index is -0.461. The fourth-order valence-corrected chi connectivity index (χ4v) is 2.26. The van der Waals surface area contributed by atoms with Crippen molar-refractivity contribution in [2.75, 3.05) is 6.61 Å².